The third-order valence-electron chi connectivity index (χ3n) is 7.17. The van der Waals surface area contributed by atoms with Crippen molar-refractivity contribution in [3.8, 4) is 0 Å². The Morgan fingerprint density at radius 1 is 1.05 bits per heavy atom. The number of fused-ring (bicyclic) bond motifs is 1. The third kappa shape index (κ3) is 6.52. The predicted molar refractivity (Wildman–Crippen MR) is 151 cm³/mol. The first-order chi connectivity index (χ1) is 20.1. The molecule has 218 valence electrons. The van der Waals surface area contributed by atoms with E-state index in [1.807, 2.05) is 4.90 Å². The second-order valence-electron chi connectivity index (χ2n) is 10.1. The number of benzene rings is 2. The minimum Gasteiger partial charge on any atom is -0.383 e. The van der Waals surface area contributed by atoms with Gasteiger partial charge in [0.15, 0.2) is 0 Å². The number of aliphatic hydroxyl groups excluding tert-OH is 1. The van der Waals surface area contributed by atoms with E-state index in [0.717, 1.165) is 25.3 Å². The molecule has 11 heteroatoms. The van der Waals surface area contributed by atoms with Crippen LogP contribution in [0.5, 0.6) is 0 Å². The summed E-state index contributed by atoms with van der Waals surface area (Å²) in [6.45, 7) is 1.10. The zero-order valence-electron chi connectivity index (χ0n) is 22.4. The van der Waals surface area contributed by atoms with E-state index in [0.29, 0.717) is 46.7 Å². The Labute approximate surface area is 239 Å². The van der Waals surface area contributed by atoms with Gasteiger partial charge in [-0.1, -0.05) is 30.4 Å². The van der Waals surface area contributed by atoms with Crippen LogP contribution in [0, 0.1) is 5.82 Å². The standard InChI is InChI=1S/C31H28F4N4O3/c32-20-12-10-19(11-13-20)21(22-14-15-27(31(33,34)35)38-29(22)39-16-2-1-3-17-39)6-4-9-28(41)36-24-7-5-8-25-23(24)18-26(40)30(42)37-25/h4-15,26,40H,1-3,16-18H2,(H,36,41)(H,37,42)/b9-4+,21-6-. The molecular weight excluding hydrogens is 552 g/mol. The fourth-order valence-corrected chi connectivity index (χ4v) is 5.08. The number of carbonyl (C=O) groups is 2. The number of pyridine rings is 1. The Balaban J connectivity index is 1.49. The zero-order chi connectivity index (χ0) is 29.9. The topological polar surface area (TPSA) is 94.6 Å². The van der Waals surface area contributed by atoms with Crippen molar-refractivity contribution in [2.75, 3.05) is 28.6 Å². The number of halogens is 4. The number of nitrogens with one attached hydrogen (secondary N) is 2. The number of aliphatic hydroxyl groups is 1. The van der Waals surface area contributed by atoms with Gasteiger partial charge in [-0.25, -0.2) is 9.37 Å². The molecule has 0 radical (unpaired) electrons. The van der Waals surface area contributed by atoms with E-state index in [1.54, 1.807) is 24.3 Å². The second-order valence-corrected chi connectivity index (χ2v) is 10.1. The Hall–Kier alpha value is -4.51. The lowest BCUT2D eigenvalue weighted by Crippen LogP contribution is -2.34. The highest BCUT2D eigenvalue weighted by Crippen LogP contribution is 2.36. The first kappa shape index (κ1) is 29.0. The van der Waals surface area contributed by atoms with Crippen molar-refractivity contribution >= 4 is 34.6 Å². The average Bonchev–Trinajstić information content (AvgIpc) is 2.97. The number of aromatic nitrogens is 1. The average molecular weight is 581 g/mol. The molecule has 42 heavy (non-hydrogen) atoms. The summed E-state index contributed by atoms with van der Waals surface area (Å²) in [6.07, 6.45) is 1.06. The van der Waals surface area contributed by atoms with Crippen molar-refractivity contribution < 1.29 is 32.3 Å². The van der Waals surface area contributed by atoms with Crippen molar-refractivity contribution in [2.45, 2.75) is 38.0 Å². The first-order valence-corrected chi connectivity index (χ1v) is 13.5. The number of alkyl halides is 3. The SMILES string of the molecule is O=C(/C=C/C=C(/c1ccc(F)cc1)c1ccc(C(F)(F)F)nc1N1CCCCC1)Nc1cccc2c1CC(O)C(=O)N2. The van der Waals surface area contributed by atoms with Gasteiger partial charge in [-0.05, 0) is 66.8 Å². The molecule has 2 aliphatic rings. The van der Waals surface area contributed by atoms with Gasteiger partial charge in [-0.3, -0.25) is 9.59 Å². The zero-order valence-corrected chi connectivity index (χ0v) is 22.4. The molecule has 7 nitrogen and oxygen atoms in total. The third-order valence-corrected chi connectivity index (χ3v) is 7.17. The molecule has 1 fully saturated rings. The minimum atomic E-state index is -4.63. The van der Waals surface area contributed by atoms with Crippen molar-refractivity contribution in [3.05, 3.63) is 101 Å². The van der Waals surface area contributed by atoms with Gasteiger partial charge in [0.25, 0.3) is 5.91 Å². The number of hydrogen-bond acceptors (Lipinski definition) is 5. The highest BCUT2D eigenvalue weighted by Gasteiger charge is 2.34. The number of rotatable bonds is 6. The molecule has 1 saturated heterocycles. The highest BCUT2D eigenvalue weighted by molar-refractivity contribution is 6.03. The van der Waals surface area contributed by atoms with Crippen LogP contribution in [0.1, 0.15) is 41.6 Å². The smallest absolute Gasteiger partial charge is 0.383 e. The number of allylic oxidation sites excluding steroid dienone is 2. The van der Waals surface area contributed by atoms with Gasteiger partial charge in [0.05, 0.1) is 0 Å². The maximum atomic E-state index is 13.8. The summed E-state index contributed by atoms with van der Waals surface area (Å²) in [7, 11) is 0. The molecule has 2 amide bonds. The van der Waals surface area contributed by atoms with Crippen LogP contribution in [0.3, 0.4) is 0 Å². The summed E-state index contributed by atoms with van der Waals surface area (Å²) in [6, 6.07) is 12.8. The van der Waals surface area contributed by atoms with Gasteiger partial charge in [0, 0.05) is 48.1 Å². The molecule has 0 saturated carbocycles. The van der Waals surface area contributed by atoms with Crippen molar-refractivity contribution in [1.82, 2.24) is 4.98 Å². The molecule has 5 rings (SSSR count). The van der Waals surface area contributed by atoms with Crippen LogP contribution in [0.15, 0.2) is 72.8 Å². The summed E-state index contributed by atoms with van der Waals surface area (Å²) in [5.74, 6) is -1.32. The molecule has 1 atom stereocenters. The Morgan fingerprint density at radius 2 is 1.79 bits per heavy atom. The fourth-order valence-electron chi connectivity index (χ4n) is 5.08. The molecule has 1 aromatic heterocycles. The molecule has 2 aromatic carbocycles. The predicted octanol–water partition coefficient (Wildman–Crippen LogP) is 5.71. The summed E-state index contributed by atoms with van der Waals surface area (Å²) in [4.78, 5) is 30.5. The lowest BCUT2D eigenvalue weighted by atomic mass is 9.96. The van der Waals surface area contributed by atoms with Gasteiger partial charge in [0.2, 0.25) is 5.91 Å². The first-order valence-electron chi connectivity index (χ1n) is 13.5. The highest BCUT2D eigenvalue weighted by atomic mass is 19.4. The van der Waals surface area contributed by atoms with Crippen molar-refractivity contribution in [3.63, 3.8) is 0 Å². The Bertz CT molecular complexity index is 1540. The van der Waals surface area contributed by atoms with Gasteiger partial charge in [-0.15, -0.1) is 0 Å². The maximum Gasteiger partial charge on any atom is 0.433 e. The minimum absolute atomic E-state index is 0.0378. The molecule has 0 aliphatic carbocycles. The van der Waals surface area contributed by atoms with Crippen molar-refractivity contribution in [2.24, 2.45) is 0 Å². The number of piperidine rings is 1. The molecule has 0 bridgehead atoms. The molecule has 3 N–H and O–H groups in total. The van der Waals surface area contributed by atoms with Crippen LogP contribution in [0.4, 0.5) is 34.8 Å². The monoisotopic (exact) mass is 580 g/mol. The number of hydrogen-bond donors (Lipinski definition) is 3. The van der Waals surface area contributed by atoms with Crippen LogP contribution >= 0.6 is 0 Å². The van der Waals surface area contributed by atoms with E-state index < -0.39 is 35.6 Å². The number of carbonyl (C=O) groups excluding carboxylic acids is 2. The van der Waals surface area contributed by atoms with Crippen molar-refractivity contribution in [1.29, 1.82) is 0 Å². The van der Waals surface area contributed by atoms with Crippen LogP contribution in [0.25, 0.3) is 5.57 Å². The molecule has 0 spiro atoms. The summed E-state index contributed by atoms with van der Waals surface area (Å²) >= 11 is 0. The van der Waals surface area contributed by atoms with Crippen LogP contribution in [0.2, 0.25) is 0 Å². The Morgan fingerprint density at radius 3 is 2.50 bits per heavy atom. The van der Waals surface area contributed by atoms with E-state index in [1.165, 1.54) is 42.5 Å². The maximum absolute atomic E-state index is 13.8. The quantitative estimate of drug-likeness (QED) is 0.197. The van der Waals surface area contributed by atoms with Crippen LogP contribution < -0.4 is 15.5 Å². The van der Waals surface area contributed by atoms with E-state index in [9.17, 15) is 32.3 Å². The van der Waals surface area contributed by atoms with Gasteiger partial charge in [0.1, 0.15) is 23.4 Å². The second kappa shape index (κ2) is 12.2. The van der Waals surface area contributed by atoms with E-state index >= 15 is 0 Å². The summed E-state index contributed by atoms with van der Waals surface area (Å²) in [5, 5.41) is 15.3. The normalized spacial score (nSPS) is 17.6. The lowest BCUT2D eigenvalue weighted by molar-refractivity contribution is -0.141. The number of amides is 2. The molecule has 3 aromatic rings. The summed E-state index contributed by atoms with van der Waals surface area (Å²) < 4.78 is 54.6. The van der Waals surface area contributed by atoms with Gasteiger partial charge < -0.3 is 20.6 Å². The molecule has 3 heterocycles. The largest absolute Gasteiger partial charge is 0.433 e. The molecule has 1 unspecified atom stereocenters. The summed E-state index contributed by atoms with van der Waals surface area (Å²) in [5.41, 5.74) is 1.90. The Kier molecular flexibility index (Phi) is 8.39. The fraction of sp³-hybridized carbons (Fsp3) is 0.258. The molecule has 2 aliphatic heterocycles. The lowest BCUT2D eigenvalue weighted by Gasteiger charge is -2.30. The van der Waals surface area contributed by atoms with E-state index in [-0.39, 0.29) is 12.2 Å². The molecular formula is C31H28F4N4O3. The number of nitrogens with zero attached hydrogens (tertiary/aromatic N) is 2. The number of anilines is 3. The van der Waals surface area contributed by atoms with E-state index in [4.69, 9.17) is 0 Å². The van der Waals surface area contributed by atoms with E-state index in [2.05, 4.69) is 15.6 Å². The van der Waals surface area contributed by atoms with Gasteiger partial charge >= 0.3 is 6.18 Å². The van der Waals surface area contributed by atoms with Crippen LogP contribution in [-0.4, -0.2) is 41.1 Å². The van der Waals surface area contributed by atoms with Crippen LogP contribution in [-0.2, 0) is 22.2 Å². The van der Waals surface area contributed by atoms with Gasteiger partial charge in [-0.2, -0.15) is 13.2 Å².